The van der Waals surface area contributed by atoms with Crippen LogP contribution in [0.3, 0.4) is 0 Å². The molecule has 0 fully saturated rings. The van der Waals surface area contributed by atoms with Gasteiger partial charge in [0.25, 0.3) is 0 Å². The van der Waals surface area contributed by atoms with E-state index < -0.39 is 0 Å². The summed E-state index contributed by atoms with van der Waals surface area (Å²) in [6.07, 6.45) is 27.1. The quantitative estimate of drug-likeness (QED) is 0.350. The highest BCUT2D eigenvalue weighted by Crippen LogP contribution is 2.27. The molecule has 0 saturated carbocycles. The average molecular weight is 409 g/mol. The predicted octanol–water partition coefficient (Wildman–Crippen LogP) is 10.1. The van der Waals surface area contributed by atoms with E-state index in [4.69, 9.17) is 0 Å². The van der Waals surface area contributed by atoms with Crippen molar-refractivity contribution in [3.05, 3.63) is 71.4 Å². The van der Waals surface area contributed by atoms with E-state index in [2.05, 4.69) is 97.6 Å². The van der Waals surface area contributed by atoms with Crippen molar-refractivity contribution in [1.82, 2.24) is 0 Å². The van der Waals surface area contributed by atoms with Gasteiger partial charge in [0, 0.05) is 0 Å². The Labute approximate surface area is 188 Å². The van der Waals surface area contributed by atoms with Gasteiger partial charge >= 0.3 is 0 Å². The van der Waals surface area contributed by atoms with E-state index in [1.807, 2.05) is 0 Å². The smallest absolute Gasteiger partial charge is 0.0140 e. The summed E-state index contributed by atoms with van der Waals surface area (Å²) in [5.74, 6) is 0. The van der Waals surface area contributed by atoms with Crippen LogP contribution in [0.15, 0.2) is 71.4 Å². The highest BCUT2D eigenvalue weighted by atomic mass is 14.2. The molecule has 0 saturated heterocycles. The van der Waals surface area contributed by atoms with E-state index in [1.165, 1.54) is 54.4 Å². The third-order valence-electron chi connectivity index (χ3n) is 6.07. The lowest BCUT2D eigenvalue weighted by atomic mass is 9.87. The van der Waals surface area contributed by atoms with Crippen molar-refractivity contribution < 1.29 is 0 Å². The normalized spacial score (nSPS) is 28.5. The van der Waals surface area contributed by atoms with Crippen LogP contribution < -0.4 is 0 Å². The SMILES string of the molecule is C/C1=C/CC/C(C)=C\CC(C)(C)/C=C/C1.C=C1C/C=C/C(C)(C)CC=C(C)CCC1. The van der Waals surface area contributed by atoms with Crippen molar-refractivity contribution in [3.8, 4) is 0 Å². The van der Waals surface area contributed by atoms with Crippen LogP contribution in [0.4, 0.5) is 0 Å². The van der Waals surface area contributed by atoms with Gasteiger partial charge in [-0.05, 0) is 89.4 Å². The highest BCUT2D eigenvalue weighted by Gasteiger charge is 2.13. The molecule has 0 radical (unpaired) electrons. The van der Waals surface area contributed by atoms with Crippen LogP contribution in [0.2, 0.25) is 0 Å². The molecule has 0 aromatic rings. The van der Waals surface area contributed by atoms with Gasteiger partial charge in [-0.25, -0.2) is 0 Å². The van der Waals surface area contributed by atoms with Crippen LogP contribution in [0.5, 0.6) is 0 Å². The molecule has 0 atom stereocenters. The van der Waals surface area contributed by atoms with Crippen molar-refractivity contribution in [2.75, 3.05) is 0 Å². The minimum atomic E-state index is 0.298. The Hall–Kier alpha value is -1.56. The molecule has 168 valence electrons. The van der Waals surface area contributed by atoms with Gasteiger partial charge in [0.05, 0.1) is 0 Å². The second-order valence-electron chi connectivity index (χ2n) is 10.9. The van der Waals surface area contributed by atoms with E-state index in [9.17, 15) is 0 Å². The zero-order valence-corrected chi connectivity index (χ0v) is 21.1. The van der Waals surface area contributed by atoms with Gasteiger partial charge in [0.1, 0.15) is 0 Å². The molecule has 0 aromatic heterocycles. The zero-order valence-electron chi connectivity index (χ0n) is 21.1. The van der Waals surface area contributed by atoms with Gasteiger partial charge in [-0.1, -0.05) is 99.1 Å². The maximum Gasteiger partial charge on any atom is -0.0140 e. The Bertz CT molecular complexity index is 684. The van der Waals surface area contributed by atoms with E-state index in [1.54, 1.807) is 0 Å². The first-order valence-corrected chi connectivity index (χ1v) is 12.0. The molecule has 2 aliphatic rings. The summed E-state index contributed by atoms with van der Waals surface area (Å²) in [6.45, 7) is 20.1. The van der Waals surface area contributed by atoms with Gasteiger partial charge in [0.15, 0.2) is 0 Å². The topological polar surface area (TPSA) is 0 Å². The van der Waals surface area contributed by atoms with Gasteiger partial charge in [-0.3, -0.25) is 0 Å². The van der Waals surface area contributed by atoms with E-state index >= 15 is 0 Å². The standard InChI is InChI=1S/2C15H24/c2*1-13-7-5-8-14(2)10-12-15(3,4)11-6-9-13/h6-7,10-11H,5,8-9,12H2,1-4H3;6,10-11H,1,5,7-9,12H2,2-4H3/b11-6+,13-7-,14-10-;11-6+,14-10?. The highest BCUT2D eigenvalue weighted by molar-refractivity contribution is 5.12. The lowest BCUT2D eigenvalue weighted by Crippen LogP contribution is -2.05. The molecule has 2 aliphatic carbocycles. The Morgan fingerprint density at radius 3 is 1.80 bits per heavy atom. The molecular weight excluding hydrogens is 360 g/mol. The van der Waals surface area contributed by atoms with Gasteiger partial charge in [-0.2, -0.15) is 0 Å². The molecule has 0 unspecified atom stereocenters. The molecule has 2 rings (SSSR count). The van der Waals surface area contributed by atoms with Crippen molar-refractivity contribution >= 4 is 0 Å². The van der Waals surface area contributed by atoms with Crippen LogP contribution in [0.1, 0.15) is 106 Å². The van der Waals surface area contributed by atoms with E-state index in [0.29, 0.717) is 10.8 Å². The van der Waals surface area contributed by atoms with Gasteiger partial charge in [-0.15, -0.1) is 0 Å². The van der Waals surface area contributed by atoms with Gasteiger partial charge < -0.3 is 0 Å². The summed E-state index contributed by atoms with van der Waals surface area (Å²) in [5.41, 5.74) is 6.54. The zero-order chi connectivity index (χ0) is 22.6. The maximum absolute atomic E-state index is 4.12. The Morgan fingerprint density at radius 2 is 1.20 bits per heavy atom. The molecular formula is C30H48. The molecule has 0 nitrogen and oxygen atoms in total. The Balaban J connectivity index is 0.000000300. The molecule has 0 heteroatoms. The van der Waals surface area contributed by atoms with Crippen molar-refractivity contribution in [2.24, 2.45) is 10.8 Å². The van der Waals surface area contributed by atoms with Crippen molar-refractivity contribution in [1.29, 1.82) is 0 Å². The fraction of sp³-hybridized carbons (Fsp3) is 0.600. The largest absolute Gasteiger partial charge is 0.0995 e. The predicted molar refractivity (Wildman–Crippen MR) is 138 cm³/mol. The lowest BCUT2D eigenvalue weighted by molar-refractivity contribution is 0.485. The molecule has 0 heterocycles. The Kier molecular flexibility index (Phi) is 11.5. The van der Waals surface area contributed by atoms with Crippen LogP contribution in [0.25, 0.3) is 0 Å². The van der Waals surface area contributed by atoms with E-state index in [-0.39, 0.29) is 0 Å². The fourth-order valence-electron chi connectivity index (χ4n) is 3.67. The number of hydrogen-bond donors (Lipinski definition) is 0. The van der Waals surface area contributed by atoms with Crippen LogP contribution in [-0.2, 0) is 0 Å². The molecule has 0 spiro atoms. The third-order valence-corrected chi connectivity index (χ3v) is 6.07. The minimum Gasteiger partial charge on any atom is -0.0995 e. The summed E-state index contributed by atoms with van der Waals surface area (Å²) >= 11 is 0. The first-order chi connectivity index (χ1) is 14.0. The summed E-state index contributed by atoms with van der Waals surface area (Å²) in [5, 5.41) is 0. The van der Waals surface area contributed by atoms with Crippen LogP contribution in [0, 0.1) is 10.8 Å². The van der Waals surface area contributed by atoms with Crippen molar-refractivity contribution in [2.45, 2.75) is 106 Å². The molecule has 0 aliphatic heterocycles. The number of allylic oxidation sites excluding steroid dienone is 11. The first kappa shape index (κ1) is 26.5. The molecule has 30 heavy (non-hydrogen) atoms. The molecule has 0 N–H and O–H groups in total. The third kappa shape index (κ3) is 12.9. The first-order valence-electron chi connectivity index (χ1n) is 12.0. The molecule has 0 aromatic carbocycles. The molecule has 0 bridgehead atoms. The lowest BCUT2D eigenvalue weighted by Gasteiger charge is -2.18. The monoisotopic (exact) mass is 408 g/mol. The summed E-state index contributed by atoms with van der Waals surface area (Å²) in [4.78, 5) is 0. The second kappa shape index (κ2) is 13.0. The number of rotatable bonds is 0. The van der Waals surface area contributed by atoms with E-state index in [0.717, 1.165) is 25.7 Å². The minimum absolute atomic E-state index is 0.298. The average Bonchev–Trinajstić information content (AvgIpc) is 2.68. The Morgan fingerprint density at radius 1 is 0.667 bits per heavy atom. The van der Waals surface area contributed by atoms with Gasteiger partial charge in [0.2, 0.25) is 0 Å². The fourth-order valence-corrected chi connectivity index (χ4v) is 3.67. The number of hydrogen-bond acceptors (Lipinski definition) is 0. The second-order valence-corrected chi connectivity index (χ2v) is 10.9. The van der Waals surface area contributed by atoms with Crippen LogP contribution >= 0.6 is 0 Å². The maximum atomic E-state index is 4.12. The summed E-state index contributed by atoms with van der Waals surface area (Å²) in [7, 11) is 0. The summed E-state index contributed by atoms with van der Waals surface area (Å²) < 4.78 is 0. The van der Waals surface area contributed by atoms with Crippen LogP contribution in [-0.4, -0.2) is 0 Å². The molecule has 0 amide bonds. The summed E-state index contributed by atoms with van der Waals surface area (Å²) in [6, 6.07) is 0. The van der Waals surface area contributed by atoms with Crippen molar-refractivity contribution in [3.63, 3.8) is 0 Å².